The van der Waals surface area contributed by atoms with Gasteiger partial charge in [0.25, 0.3) is 0 Å². The zero-order chi connectivity index (χ0) is 13.4. The summed E-state index contributed by atoms with van der Waals surface area (Å²) in [6.07, 6.45) is 3.98. The van der Waals surface area contributed by atoms with Gasteiger partial charge in [0.05, 0.1) is 6.20 Å². The molecule has 5 nitrogen and oxygen atoms in total. The maximum Gasteiger partial charge on any atom is 0.0538 e. The number of nitrogens with one attached hydrogen (secondary N) is 1. The SMILES string of the molecule is CCN(CC)CCNC(CN)c1cnn(CC)c1. The first-order chi connectivity index (χ1) is 8.74. The van der Waals surface area contributed by atoms with Crippen molar-refractivity contribution < 1.29 is 0 Å². The highest BCUT2D eigenvalue weighted by molar-refractivity contribution is 5.10. The number of hydrogen-bond donors (Lipinski definition) is 2. The van der Waals surface area contributed by atoms with Gasteiger partial charge in [-0.05, 0) is 20.0 Å². The standard InChI is InChI=1S/C13H27N5/c1-4-17(5-2)8-7-15-13(9-14)12-10-16-18(6-3)11-12/h10-11,13,15H,4-9,14H2,1-3H3. The average molecular weight is 253 g/mol. The molecule has 3 N–H and O–H groups in total. The van der Waals surface area contributed by atoms with E-state index in [2.05, 4.69) is 42.3 Å². The van der Waals surface area contributed by atoms with Gasteiger partial charge in [-0.2, -0.15) is 5.10 Å². The van der Waals surface area contributed by atoms with Gasteiger partial charge in [0.1, 0.15) is 0 Å². The van der Waals surface area contributed by atoms with E-state index in [1.165, 1.54) is 5.56 Å². The van der Waals surface area contributed by atoms with Crippen LogP contribution in [0.3, 0.4) is 0 Å². The number of aromatic nitrogens is 2. The normalized spacial score (nSPS) is 13.2. The van der Waals surface area contributed by atoms with Crippen LogP contribution in [0.25, 0.3) is 0 Å². The van der Waals surface area contributed by atoms with E-state index in [9.17, 15) is 0 Å². The minimum absolute atomic E-state index is 0.209. The Bertz CT molecular complexity index is 319. The number of nitrogens with zero attached hydrogens (tertiary/aromatic N) is 3. The third kappa shape index (κ3) is 4.40. The monoisotopic (exact) mass is 253 g/mol. The van der Waals surface area contributed by atoms with E-state index in [0.717, 1.165) is 32.7 Å². The minimum atomic E-state index is 0.209. The average Bonchev–Trinajstić information content (AvgIpc) is 2.88. The van der Waals surface area contributed by atoms with Crippen molar-refractivity contribution in [2.45, 2.75) is 33.4 Å². The number of nitrogens with two attached hydrogens (primary N) is 1. The smallest absolute Gasteiger partial charge is 0.0538 e. The number of aryl methyl sites for hydroxylation is 1. The molecule has 0 aromatic carbocycles. The Kier molecular flexibility index (Phi) is 6.93. The van der Waals surface area contributed by atoms with Crippen LogP contribution in [0.15, 0.2) is 12.4 Å². The molecule has 0 aliphatic carbocycles. The fourth-order valence-electron chi connectivity index (χ4n) is 2.01. The van der Waals surface area contributed by atoms with Crippen LogP contribution in [0.1, 0.15) is 32.4 Å². The van der Waals surface area contributed by atoms with Gasteiger partial charge in [0.2, 0.25) is 0 Å². The molecule has 18 heavy (non-hydrogen) atoms. The Morgan fingerprint density at radius 1 is 1.39 bits per heavy atom. The fourth-order valence-corrected chi connectivity index (χ4v) is 2.01. The first kappa shape index (κ1) is 15.1. The topological polar surface area (TPSA) is 59.1 Å². The second kappa shape index (κ2) is 8.24. The first-order valence-corrected chi connectivity index (χ1v) is 6.93. The van der Waals surface area contributed by atoms with Gasteiger partial charge < -0.3 is 16.0 Å². The lowest BCUT2D eigenvalue weighted by Gasteiger charge is -2.21. The summed E-state index contributed by atoms with van der Waals surface area (Å²) in [6, 6.07) is 0.209. The van der Waals surface area contributed by atoms with E-state index in [1.54, 1.807) is 0 Å². The summed E-state index contributed by atoms with van der Waals surface area (Å²) < 4.78 is 1.93. The lowest BCUT2D eigenvalue weighted by Crippen LogP contribution is -2.36. The van der Waals surface area contributed by atoms with Gasteiger partial charge in [-0.25, -0.2) is 0 Å². The summed E-state index contributed by atoms with van der Waals surface area (Å²) in [5, 5.41) is 7.79. The van der Waals surface area contributed by atoms with Gasteiger partial charge in [-0.15, -0.1) is 0 Å². The molecular weight excluding hydrogens is 226 g/mol. The summed E-state index contributed by atoms with van der Waals surface area (Å²) in [4.78, 5) is 2.40. The minimum Gasteiger partial charge on any atom is -0.329 e. The van der Waals surface area contributed by atoms with E-state index in [0.29, 0.717) is 6.54 Å². The largest absolute Gasteiger partial charge is 0.329 e. The van der Waals surface area contributed by atoms with Crippen molar-refractivity contribution in [2.24, 2.45) is 5.73 Å². The lowest BCUT2D eigenvalue weighted by atomic mass is 10.1. The quantitative estimate of drug-likeness (QED) is 0.684. The summed E-state index contributed by atoms with van der Waals surface area (Å²) in [6.45, 7) is 12.2. The lowest BCUT2D eigenvalue weighted by molar-refractivity contribution is 0.297. The summed E-state index contributed by atoms with van der Waals surface area (Å²) in [5.41, 5.74) is 7.00. The van der Waals surface area contributed by atoms with Gasteiger partial charge in [-0.1, -0.05) is 13.8 Å². The van der Waals surface area contributed by atoms with Crippen molar-refractivity contribution in [3.05, 3.63) is 18.0 Å². The van der Waals surface area contributed by atoms with Crippen molar-refractivity contribution in [3.63, 3.8) is 0 Å². The molecule has 0 amide bonds. The van der Waals surface area contributed by atoms with Crippen LogP contribution in [0.5, 0.6) is 0 Å². The van der Waals surface area contributed by atoms with Gasteiger partial charge in [0.15, 0.2) is 0 Å². The molecule has 0 aliphatic rings. The molecule has 1 aromatic rings. The predicted octanol–water partition coefficient (Wildman–Crippen LogP) is 0.834. The van der Waals surface area contributed by atoms with E-state index in [4.69, 9.17) is 5.73 Å². The van der Waals surface area contributed by atoms with Crippen LogP contribution in [0, 0.1) is 0 Å². The molecule has 0 aliphatic heterocycles. The predicted molar refractivity (Wildman–Crippen MR) is 75.5 cm³/mol. The maximum atomic E-state index is 5.82. The Morgan fingerprint density at radius 3 is 2.61 bits per heavy atom. The highest BCUT2D eigenvalue weighted by Gasteiger charge is 2.11. The highest BCUT2D eigenvalue weighted by Crippen LogP contribution is 2.10. The molecule has 0 saturated heterocycles. The van der Waals surface area contributed by atoms with Crippen molar-refractivity contribution in [3.8, 4) is 0 Å². The van der Waals surface area contributed by atoms with Gasteiger partial charge in [-0.3, -0.25) is 4.68 Å². The van der Waals surface area contributed by atoms with Gasteiger partial charge >= 0.3 is 0 Å². The molecule has 1 heterocycles. The van der Waals surface area contributed by atoms with Crippen LogP contribution < -0.4 is 11.1 Å². The van der Waals surface area contributed by atoms with Gasteiger partial charge in [0, 0.05) is 44.0 Å². The number of rotatable bonds is 9. The third-order valence-electron chi connectivity index (χ3n) is 3.33. The fraction of sp³-hybridized carbons (Fsp3) is 0.769. The molecule has 1 atom stereocenters. The zero-order valence-electron chi connectivity index (χ0n) is 11.9. The summed E-state index contributed by atoms with van der Waals surface area (Å²) in [5.74, 6) is 0. The van der Waals surface area contributed by atoms with Crippen LogP contribution in [-0.2, 0) is 6.54 Å². The molecule has 0 fully saturated rings. The van der Waals surface area contributed by atoms with E-state index >= 15 is 0 Å². The first-order valence-electron chi connectivity index (χ1n) is 6.93. The summed E-state index contributed by atoms with van der Waals surface area (Å²) in [7, 11) is 0. The molecule has 0 saturated carbocycles. The van der Waals surface area contributed by atoms with Crippen molar-refractivity contribution in [2.75, 3.05) is 32.7 Å². The molecule has 5 heteroatoms. The van der Waals surface area contributed by atoms with Crippen molar-refractivity contribution in [1.82, 2.24) is 20.0 Å². The molecule has 0 bridgehead atoms. The Hall–Kier alpha value is -0.910. The highest BCUT2D eigenvalue weighted by atomic mass is 15.3. The van der Waals surface area contributed by atoms with Crippen LogP contribution in [0.4, 0.5) is 0 Å². The van der Waals surface area contributed by atoms with Crippen molar-refractivity contribution >= 4 is 0 Å². The maximum absolute atomic E-state index is 5.82. The second-order valence-electron chi connectivity index (χ2n) is 4.40. The Labute approximate surface area is 110 Å². The molecule has 1 aromatic heterocycles. The molecule has 1 unspecified atom stereocenters. The number of likely N-dealkylation sites (N-methyl/N-ethyl adjacent to an activating group) is 1. The second-order valence-corrected chi connectivity index (χ2v) is 4.40. The Morgan fingerprint density at radius 2 is 2.11 bits per heavy atom. The Balaban J connectivity index is 2.42. The van der Waals surface area contributed by atoms with Crippen LogP contribution >= 0.6 is 0 Å². The number of hydrogen-bond acceptors (Lipinski definition) is 4. The van der Waals surface area contributed by atoms with Crippen molar-refractivity contribution in [1.29, 1.82) is 0 Å². The zero-order valence-corrected chi connectivity index (χ0v) is 11.9. The van der Waals surface area contributed by atoms with E-state index < -0.39 is 0 Å². The summed E-state index contributed by atoms with van der Waals surface area (Å²) >= 11 is 0. The van der Waals surface area contributed by atoms with E-state index in [1.807, 2.05) is 10.9 Å². The third-order valence-corrected chi connectivity index (χ3v) is 3.33. The van der Waals surface area contributed by atoms with Crippen LogP contribution in [-0.4, -0.2) is 47.4 Å². The molecular formula is C13H27N5. The van der Waals surface area contributed by atoms with E-state index in [-0.39, 0.29) is 6.04 Å². The molecule has 104 valence electrons. The molecule has 0 radical (unpaired) electrons. The van der Waals surface area contributed by atoms with Crippen LogP contribution in [0.2, 0.25) is 0 Å². The molecule has 0 spiro atoms. The molecule has 1 rings (SSSR count).